The molecule has 0 unspecified atom stereocenters. The zero-order chi connectivity index (χ0) is 28.8. The molecule has 9 nitrogen and oxygen atoms in total. The molecule has 6 rings (SSSR count). The van der Waals surface area contributed by atoms with Crippen molar-refractivity contribution < 1.29 is 27.1 Å². The molecule has 3 aliphatic rings. The Kier molecular flexibility index (Phi) is 7.48. The third-order valence-corrected chi connectivity index (χ3v) is 9.38. The molecule has 14 heteroatoms. The monoisotopic (exact) mass is 639 g/mol. The second kappa shape index (κ2) is 10.9. The predicted octanol–water partition coefficient (Wildman–Crippen LogP) is 2.11. The number of ether oxygens (including phenoxy) is 1. The van der Waals surface area contributed by atoms with E-state index in [1.165, 1.54) is 10.7 Å². The van der Waals surface area contributed by atoms with E-state index < -0.39 is 32.2 Å². The first-order valence-electron chi connectivity index (χ1n) is 13.4. The van der Waals surface area contributed by atoms with Crippen LogP contribution in [0.5, 0.6) is 0 Å². The van der Waals surface area contributed by atoms with Crippen molar-refractivity contribution in [3.8, 4) is 11.8 Å². The van der Waals surface area contributed by atoms with Gasteiger partial charge >= 0.3 is 240 Å². The molecule has 0 aromatic carbocycles. The van der Waals surface area contributed by atoms with Crippen molar-refractivity contribution >= 4 is 36.7 Å². The van der Waals surface area contributed by atoms with Gasteiger partial charge in [0.1, 0.15) is 0 Å². The third kappa shape index (κ3) is 6.09. The molecule has 2 saturated heterocycles. The van der Waals surface area contributed by atoms with Crippen molar-refractivity contribution in [1.82, 2.24) is 29.6 Å². The summed E-state index contributed by atoms with van der Waals surface area (Å²) in [5.41, 5.74) is 0.490. The van der Waals surface area contributed by atoms with E-state index in [-0.39, 0.29) is 40.2 Å². The van der Waals surface area contributed by atoms with Gasteiger partial charge < -0.3 is 0 Å². The van der Waals surface area contributed by atoms with Crippen LogP contribution in [0.4, 0.5) is 23.4 Å². The SMILES string of the molecule is CC1(N2CC[C@@H](Nc3cccc4c([Se]C(F)(F)F)c(C#CCNC(=O)c5cnn(C6CC6)c5)nn34)[C@@H](F)C2)COC1. The zero-order valence-electron chi connectivity index (χ0n) is 22.2. The molecule has 1 saturated carbocycles. The van der Waals surface area contributed by atoms with Crippen molar-refractivity contribution in [2.24, 2.45) is 0 Å². The maximum atomic E-state index is 15.2. The second-order valence-electron chi connectivity index (χ2n) is 10.8. The van der Waals surface area contributed by atoms with Gasteiger partial charge in [-0.2, -0.15) is 0 Å². The Bertz CT molecular complexity index is 1500. The van der Waals surface area contributed by atoms with E-state index >= 15 is 4.39 Å². The number of halogens is 4. The van der Waals surface area contributed by atoms with Crippen molar-refractivity contribution in [2.75, 3.05) is 38.2 Å². The quantitative estimate of drug-likeness (QED) is 0.234. The number of carbonyl (C=O) groups is 1. The van der Waals surface area contributed by atoms with E-state index in [2.05, 4.69) is 44.5 Å². The average molecular weight is 639 g/mol. The van der Waals surface area contributed by atoms with Crippen LogP contribution in [0.25, 0.3) is 5.52 Å². The van der Waals surface area contributed by atoms with E-state index in [1.54, 1.807) is 29.1 Å². The number of nitrogens with one attached hydrogen (secondary N) is 2. The Morgan fingerprint density at radius 2 is 2.07 bits per heavy atom. The van der Waals surface area contributed by atoms with Crippen LogP contribution in [0.15, 0.2) is 30.6 Å². The number of rotatable bonds is 7. The number of alkyl halides is 4. The summed E-state index contributed by atoms with van der Waals surface area (Å²) in [7, 11) is 0. The molecule has 1 amide bonds. The topological polar surface area (TPSA) is 88.7 Å². The molecule has 2 aliphatic heterocycles. The minimum absolute atomic E-state index is 0.0114. The van der Waals surface area contributed by atoms with Crippen molar-refractivity contribution in [3.63, 3.8) is 0 Å². The van der Waals surface area contributed by atoms with Crippen molar-refractivity contribution in [1.29, 1.82) is 0 Å². The van der Waals surface area contributed by atoms with Crippen molar-refractivity contribution in [2.45, 2.75) is 55.1 Å². The van der Waals surface area contributed by atoms with Crippen LogP contribution < -0.4 is 15.1 Å². The molecular formula is C27H29F4N7O2Se. The fourth-order valence-electron chi connectivity index (χ4n) is 5.13. The molecule has 3 fully saturated rings. The number of carbonyl (C=O) groups excluding carboxylic acids is 1. The third-order valence-electron chi connectivity index (χ3n) is 7.62. The predicted molar refractivity (Wildman–Crippen MR) is 144 cm³/mol. The van der Waals surface area contributed by atoms with Crippen molar-refractivity contribution in [3.05, 3.63) is 41.9 Å². The molecule has 218 valence electrons. The second-order valence-corrected chi connectivity index (χ2v) is 13.1. The number of likely N-dealkylation sites (tertiary alicyclic amines) is 1. The Labute approximate surface area is 240 Å². The van der Waals surface area contributed by atoms with Crippen LogP contribution in [0, 0.1) is 11.8 Å². The summed E-state index contributed by atoms with van der Waals surface area (Å²) in [6.07, 6.45) is 4.58. The van der Waals surface area contributed by atoms with Crippen LogP contribution in [0.2, 0.25) is 0 Å². The molecule has 0 radical (unpaired) electrons. The molecule has 2 N–H and O–H groups in total. The molecule has 5 heterocycles. The number of hydrogen-bond donors (Lipinski definition) is 2. The Morgan fingerprint density at radius 1 is 1.27 bits per heavy atom. The van der Waals surface area contributed by atoms with Crippen LogP contribution in [-0.4, -0.2) is 101 Å². The normalized spacial score (nSPS) is 22.6. The maximum absolute atomic E-state index is 15.2. The molecule has 0 spiro atoms. The van der Waals surface area contributed by atoms with E-state index in [0.717, 1.165) is 12.8 Å². The van der Waals surface area contributed by atoms with Gasteiger partial charge in [-0.15, -0.1) is 0 Å². The van der Waals surface area contributed by atoms with Gasteiger partial charge in [0, 0.05) is 0 Å². The minimum atomic E-state index is -4.43. The molecule has 3 aromatic heterocycles. The van der Waals surface area contributed by atoms with Gasteiger partial charge in [-0.3, -0.25) is 0 Å². The number of pyridine rings is 1. The Balaban J connectivity index is 1.18. The van der Waals surface area contributed by atoms with Gasteiger partial charge in [0.05, 0.1) is 0 Å². The number of anilines is 1. The fraction of sp³-hybridized carbons (Fsp3) is 0.519. The average Bonchev–Trinajstić information content (AvgIpc) is 3.54. The number of piperidine rings is 1. The molecule has 0 bridgehead atoms. The van der Waals surface area contributed by atoms with Crippen LogP contribution in [0.1, 0.15) is 48.3 Å². The number of nitrogens with zero attached hydrogens (tertiary/aromatic N) is 5. The molecule has 41 heavy (non-hydrogen) atoms. The standard InChI is InChI=1S/C27H29F4N7O2Se/c1-26(15-40-16-26)36-11-9-20(19(28)14-36)34-23-6-2-5-22-24(41-27(29,30)31)21(35-38(22)23)4-3-10-32-25(39)17-12-33-37(13-17)18-7-8-18/h2,5-6,12-13,18-20,34H,7-11,14-16H2,1H3,(H,32,39)/t19-,20+/m0/s1. The number of amides is 1. The summed E-state index contributed by atoms with van der Waals surface area (Å²) in [6.45, 7) is 4.07. The van der Waals surface area contributed by atoms with E-state index in [0.29, 0.717) is 43.6 Å². The molecule has 3 aromatic rings. The summed E-state index contributed by atoms with van der Waals surface area (Å²) in [6, 6.07) is 4.68. The van der Waals surface area contributed by atoms with Gasteiger partial charge in [0.25, 0.3) is 0 Å². The number of aromatic nitrogens is 4. The van der Waals surface area contributed by atoms with E-state index in [4.69, 9.17) is 4.74 Å². The summed E-state index contributed by atoms with van der Waals surface area (Å²) in [5, 5.41) is 9.98. The number of hydrogen-bond acceptors (Lipinski definition) is 6. The molecule has 1 aliphatic carbocycles. The molecule has 2 atom stereocenters. The summed E-state index contributed by atoms with van der Waals surface area (Å²) in [4.78, 5) is 14.5. The van der Waals surface area contributed by atoms with Crippen LogP contribution in [0.3, 0.4) is 0 Å². The summed E-state index contributed by atoms with van der Waals surface area (Å²) in [5.74, 6) is 5.48. The van der Waals surface area contributed by atoms with Gasteiger partial charge in [0.2, 0.25) is 0 Å². The van der Waals surface area contributed by atoms with Crippen LogP contribution in [-0.2, 0) is 4.74 Å². The first kappa shape index (κ1) is 28.0. The van der Waals surface area contributed by atoms with Gasteiger partial charge in [-0.05, 0) is 0 Å². The molecular weight excluding hydrogens is 609 g/mol. The summed E-state index contributed by atoms with van der Waals surface area (Å²) >= 11 is -1.91. The Morgan fingerprint density at radius 3 is 2.76 bits per heavy atom. The zero-order valence-corrected chi connectivity index (χ0v) is 24.0. The first-order valence-corrected chi connectivity index (χ1v) is 15.1. The van der Waals surface area contributed by atoms with Crippen LogP contribution >= 0.6 is 0 Å². The fourth-order valence-corrected chi connectivity index (χ4v) is 6.56. The van der Waals surface area contributed by atoms with E-state index in [9.17, 15) is 18.0 Å². The number of fused-ring (bicyclic) bond motifs is 1. The van der Waals surface area contributed by atoms with Gasteiger partial charge in [-0.25, -0.2) is 0 Å². The van der Waals surface area contributed by atoms with E-state index in [1.807, 2.05) is 0 Å². The van der Waals surface area contributed by atoms with Gasteiger partial charge in [0.15, 0.2) is 0 Å². The Hall–Kier alpha value is -3.11. The summed E-state index contributed by atoms with van der Waals surface area (Å²) < 4.78 is 64.4. The van der Waals surface area contributed by atoms with Gasteiger partial charge in [-0.1, -0.05) is 0 Å². The first-order chi connectivity index (χ1) is 19.6.